The molecular weight excluding hydrogens is 422 g/mol. The first-order valence-corrected chi connectivity index (χ1v) is 10.5. The number of amides is 1. The number of hydrogen-bond acceptors (Lipinski definition) is 3. The molecule has 2 aromatic rings. The molecular formula is C24H23F4N3O. The number of halogens is 4. The number of anilines is 1. The van der Waals surface area contributed by atoms with Crippen LogP contribution in [0.4, 0.5) is 28.9 Å². The lowest BCUT2D eigenvalue weighted by molar-refractivity contribution is -0.124. The van der Waals surface area contributed by atoms with Crippen LogP contribution in [0.1, 0.15) is 37.7 Å². The van der Waals surface area contributed by atoms with Gasteiger partial charge in [-0.05, 0) is 55.5 Å². The zero-order valence-corrected chi connectivity index (χ0v) is 17.3. The van der Waals surface area contributed by atoms with E-state index in [-0.39, 0.29) is 28.9 Å². The molecule has 0 heterocycles. The van der Waals surface area contributed by atoms with E-state index in [0.717, 1.165) is 24.1 Å². The van der Waals surface area contributed by atoms with Gasteiger partial charge < -0.3 is 11.1 Å². The number of allylic oxidation sites excluding steroid dienone is 2. The number of carbonyl (C=O) groups excluding carboxylic acids is 1. The van der Waals surface area contributed by atoms with Gasteiger partial charge in [-0.2, -0.15) is 13.2 Å². The normalized spacial score (nSPS) is 18.8. The molecule has 4 rings (SSSR count). The Hall–Kier alpha value is -3.16. The van der Waals surface area contributed by atoms with Gasteiger partial charge in [0.1, 0.15) is 5.70 Å². The molecule has 2 aliphatic rings. The second-order valence-electron chi connectivity index (χ2n) is 8.33. The molecule has 0 spiro atoms. The third-order valence-electron chi connectivity index (χ3n) is 6.05. The molecule has 1 amide bonds. The van der Waals surface area contributed by atoms with Crippen molar-refractivity contribution in [2.75, 3.05) is 5.32 Å². The first-order chi connectivity index (χ1) is 15.2. The number of hydrogen-bond donors (Lipinski definition) is 2. The summed E-state index contributed by atoms with van der Waals surface area (Å²) in [5, 5.41) is 2.78. The number of carbonyl (C=O) groups is 1. The van der Waals surface area contributed by atoms with Crippen molar-refractivity contribution < 1.29 is 22.4 Å². The summed E-state index contributed by atoms with van der Waals surface area (Å²) in [6.45, 7) is 0. The summed E-state index contributed by atoms with van der Waals surface area (Å²) in [4.78, 5) is 17.1. The topological polar surface area (TPSA) is 67.5 Å². The Kier molecular flexibility index (Phi) is 5.79. The molecule has 168 valence electrons. The standard InChI is InChI=1S/C24H23F4N3O/c25-18-13-17(30-22(32)23(11-4-12-23)16-5-2-1-3-6-16)9-10-19(18)31-20(15-7-8-15)14-21(29)24(26,27)28/h1-3,5-6,9-10,13-15H,4,7-8,11-12,29H2,(H,30,32). The van der Waals surface area contributed by atoms with E-state index in [1.54, 1.807) is 0 Å². The van der Waals surface area contributed by atoms with E-state index in [2.05, 4.69) is 10.3 Å². The predicted octanol–water partition coefficient (Wildman–Crippen LogP) is 5.77. The van der Waals surface area contributed by atoms with Crippen molar-refractivity contribution in [1.82, 2.24) is 0 Å². The van der Waals surface area contributed by atoms with Gasteiger partial charge in [-0.25, -0.2) is 4.39 Å². The minimum atomic E-state index is -4.67. The minimum Gasteiger partial charge on any atom is -0.395 e. The van der Waals surface area contributed by atoms with Crippen molar-refractivity contribution in [2.45, 2.75) is 43.7 Å². The SMILES string of the molecule is NC(=CC(=Nc1ccc(NC(=O)C2(c3ccccc3)CCC2)cc1F)C1CC1)C(F)(F)F. The van der Waals surface area contributed by atoms with Crippen LogP contribution in [0.5, 0.6) is 0 Å². The molecule has 32 heavy (non-hydrogen) atoms. The summed E-state index contributed by atoms with van der Waals surface area (Å²) in [6.07, 6.45) is -0.180. The number of benzene rings is 2. The summed E-state index contributed by atoms with van der Waals surface area (Å²) in [7, 11) is 0. The Bertz CT molecular complexity index is 1070. The van der Waals surface area contributed by atoms with Crippen molar-refractivity contribution in [1.29, 1.82) is 0 Å². The summed E-state index contributed by atoms with van der Waals surface area (Å²) in [5.74, 6) is -1.11. The van der Waals surface area contributed by atoms with E-state index in [4.69, 9.17) is 5.73 Å². The fourth-order valence-corrected chi connectivity index (χ4v) is 3.86. The maximum Gasteiger partial charge on any atom is 0.430 e. The Balaban J connectivity index is 1.55. The Morgan fingerprint density at radius 2 is 1.81 bits per heavy atom. The Morgan fingerprint density at radius 3 is 2.34 bits per heavy atom. The van der Waals surface area contributed by atoms with Crippen LogP contribution in [0, 0.1) is 11.7 Å². The fraction of sp³-hybridized carbons (Fsp3) is 0.333. The summed E-state index contributed by atoms with van der Waals surface area (Å²) in [6, 6.07) is 13.5. The van der Waals surface area contributed by atoms with Gasteiger partial charge in [-0.3, -0.25) is 9.79 Å². The van der Waals surface area contributed by atoms with Crippen LogP contribution in [0.15, 0.2) is 65.3 Å². The van der Waals surface area contributed by atoms with Crippen LogP contribution in [-0.4, -0.2) is 17.8 Å². The second kappa shape index (κ2) is 8.41. The van der Waals surface area contributed by atoms with Gasteiger partial charge in [0.05, 0.1) is 11.1 Å². The van der Waals surface area contributed by atoms with Crippen molar-refractivity contribution in [3.05, 3.63) is 71.7 Å². The van der Waals surface area contributed by atoms with Crippen LogP contribution < -0.4 is 11.1 Å². The molecule has 0 atom stereocenters. The molecule has 2 aromatic carbocycles. The van der Waals surface area contributed by atoms with Crippen molar-refractivity contribution in [3.8, 4) is 0 Å². The second-order valence-corrected chi connectivity index (χ2v) is 8.33. The minimum absolute atomic E-state index is 0.0995. The molecule has 3 N–H and O–H groups in total. The first kappa shape index (κ1) is 22.0. The number of nitrogens with two attached hydrogens (primary N) is 1. The lowest BCUT2D eigenvalue weighted by atomic mass is 9.64. The number of alkyl halides is 3. The van der Waals surface area contributed by atoms with Gasteiger partial charge in [0, 0.05) is 17.3 Å². The Morgan fingerprint density at radius 1 is 1.12 bits per heavy atom. The summed E-state index contributed by atoms with van der Waals surface area (Å²) < 4.78 is 53.0. The lowest BCUT2D eigenvalue weighted by Crippen LogP contribution is -2.45. The number of nitrogens with one attached hydrogen (secondary N) is 1. The van der Waals surface area contributed by atoms with Crippen molar-refractivity contribution in [2.24, 2.45) is 16.6 Å². The highest BCUT2D eigenvalue weighted by Gasteiger charge is 2.45. The first-order valence-electron chi connectivity index (χ1n) is 10.5. The number of rotatable bonds is 6. The molecule has 0 radical (unpaired) electrons. The van der Waals surface area contributed by atoms with Gasteiger partial charge in [-0.15, -0.1) is 0 Å². The van der Waals surface area contributed by atoms with Crippen LogP contribution in [-0.2, 0) is 10.2 Å². The van der Waals surface area contributed by atoms with Crippen LogP contribution >= 0.6 is 0 Å². The zero-order valence-electron chi connectivity index (χ0n) is 17.3. The average Bonchev–Trinajstić information content (AvgIpc) is 3.54. The maximum absolute atomic E-state index is 14.7. The largest absolute Gasteiger partial charge is 0.430 e. The van der Waals surface area contributed by atoms with E-state index in [9.17, 15) is 22.4 Å². The third-order valence-corrected chi connectivity index (χ3v) is 6.05. The van der Waals surface area contributed by atoms with E-state index >= 15 is 0 Å². The molecule has 8 heteroatoms. The maximum atomic E-state index is 14.7. The smallest absolute Gasteiger partial charge is 0.395 e. The van der Waals surface area contributed by atoms with Crippen LogP contribution in [0.2, 0.25) is 0 Å². The van der Waals surface area contributed by atoms with E-state index in [1.807, 2.05) is 30.3 Å². The average molecular weight is 445 g/mol. The molecule has 2 fully saturated rings. The zero-order chi connectivity index (χ0) is 22.9. The van der Waals surface area contributed by atoms with E-state index in [0.29, 0.717) is 25.7 Å². The molecule has 2 aliphatic carbocycles. The van der Waals surface area contributed by atoms with Gasteiger partial charge in [0.15, 0.2) is 5.82 Å². The highest BCUT2D eigenvalue weighted by atomic mass is 19.4. The molecule has 2 saturated carbocycles. The molecule has 0 bridgehead atoms. The van der Waals surface area contributed by atoms with E-state index < -0.39 is 23.1 Å². The van der Waals surface area contributed by atoms with E-state index in [1.165, 1.54) is 12.1 Å². The highest BCUT2D eigenvalue weighted by Crippen LogP contribution is 2.44. The van der Waals surface area contributed by atoms with Crippen molar-refractivity contribution >= 4 is 23.0 Å². The lowest BCUT2D eigenvalue weighted by Gasteiger charge is -2.40. The number of nitrogens with zero attached hydrogens (tertiary/aromatic N) is 1. The van der Waals surface area contributed by atoms with Gasteiger partial charge in [0.25, 0.3) is 0 Å². The summed E-state index contributed by atoms with van der Waals surface area (Å²) in [5.41, 5.74) is 4.41. The van der Waals surface area contributed by atoms with Crippen molar-refractivity contribution in [3.63, 3.8) is 0 Å². The fourth-order valence-electron chi connectivity index (χ4n) is 3.86. The van der Waals surface area contributed by atoms with Gasteiger partial charge >= 0.3 is 6.18 Å². The Labute approximate surface area is 183 Å². The van der Waals surface area contributed by atoms with Crippen LogP contribution in [0.25, 0.3) is 0 Å². The van der Waals surface area contributed by atoms with Gasteiger partial charge in [-0.1, -0.05) is 36.8 Å². The summed E-state index contributed by atoms with van der Waals surface area (Å²) >= 11 is 0. The molecule has 0 saturated heterocycles. The quantitative estimate of drug-likeness (QED) is 0.438. The molecule has 4 nitrogen and oxygen atoms in total. The van der Waals surface area contributed by atoms with Crippen LogP contribution in [0.3, 0.4) is 0 Å². The third kappa shape index (κ3) is 4.54. The molecule has 0 aliphatic heterocycles. The monoisotopic (exact) mass is 445 g/mol. The molecule has 0 unspecified atom stereocenters. The predicted molar refractivity (Wildman–Crippen MR) is 115 cm³/mol. The number of aliphatic imine (C=N–C) groups is 1. The van der Waals surface area contributed by atoms with Gasteiger partial charge in [0.2, 0.25) is 5.91 Å². The highest BCUT2D eigenvalue weighted by molar-refractivity contribution is 6.01. The molecule has 0 aromatic heterocycles.